The van der Waals surface area contributed by atoms with Crippen molar-refractivity contribution in [2.45, 2.75) is 0 Å². The molecule has 50 valence electrons. The average molecular weight is 223 g/mol. The average Bonchev–Trinajstić information content (AvgIpc) is 0.722. The van der Waals surface area contributed by atoms with Crippen molar-refractivity contribution < 1.29 is 47.1 Å². The molecule has 0 saturated carbocycles. The third kappa shape index (κ3) is 240. The molecular weight excluding hydrogens is 219 g/mol. The van der Waals surface area contributed by atoms with Crippen molar-refractivity contribution in [1.29, 1.82) is 0 Å². The van der Waals surface area contributed by atoms with Crippen LogP contribution in [0.3, 0.4) is 0 Å². The fourth-order valence-corrected chi connectivity index (χ4v) is 0. The van der Waals surface area contributed by atoms with Gasteiger partial charge in [-0.25, -0.2) is 4.57 Å². The van der Waals surface area contributed by atoms with Crippen molar-refractivity contribution in [2.24, 2.45) is 0 Å². The number of phosphoric acid groups is 1. The molecule has 0 amide bonds. The van der Waals surface area contributed by atoms with Gasteiger partial charge in [-0.15, -0.1) is 0 Å². The Morgan fingerprint density at radius 1 is 1.14 bits per heavy atom. The SMILES string of the molecule is O=P(O)(O)O.[Ag+].[OH-]. The molecule has 5 nitrogen and oxygen atoms in total. The first-order valence-electron chi connectivity index (χ1n) is 0.783. The van der Waals surface area contributed by atoms with Gasteiger partial charge < -0.3 is 20.2 Å². The standard InChI is InChI=1S/Ag.H3O4P.H2O/c;1-5(2,3)4;/h;(H3,1,2,3,4);1H2/q+1;;/p-1. The molecule has 0 heterocycles. The molecule has 7 heteroatoms. The van der Waals surface area contributed by atoms with Crippen LogP contribution < -0.4 is 0 Å². The quantitative estimate of drug-likeness (QED) is 0.356. The van der Waals surface area contributed by atoms with Gasteiger partial charge in [0.15, 0.2) is 0 Å². The Morgan fingerprint density at radius 2 is 1.14 bits per heavy atom. The fourth-order valence-electron chi connectivity index (χ4n) is 0. The summed E-state index contributed by atoms with van der Waals surface area (Å²) in [6, 6.07) is 0. The summed E-state index contributed by atoms with van der Waals surface area (Å²) >= 11 is 0. The molecule has 0 aromatic rings. The van der Waals surface area contributed by atoms with Crippen molar-refractivity contribution in [3.05, 3.63) is 0 Å². The summed E-state index contributed by atoms with van der Waals surface area (Å²) in [6.45, 7) is 0. The molecule has 0 rings (SSSR count). The maximum Gasteiger partial charge on any atom is 1.00 e. The van der Waals surface area contributed by atoms with Crippen LogP contribution in [0.4, 0.5) is 0 Å². The monoisotopic (exact) mass is 222 g/mol. The minimum Gasteiger partial charge on any atom is -0.870 e. The molecule has 4 N–H and O–H groups in total. The minimum absolute atomic E-state index is 0. The van der Waals surface area contributed by atoms with E-state index >= 15 is 0 Å². The zero-order chi connectivity index (χ0) is 4.50. The predicted octanol–water partition coefficient (Wildman–Crippen LogP) is -1.11. The maximum atomic E-state index is 8.88. The van der Waals surface area contributed by atoms with E-state index in [4.69, 9.17) is 19.2 Å². The molecule has 0 bridgehead atoms. The van der Waals surface area contributed by atoms with Crippen molar-refractivity contribution in [1.82, 2.24) is 0 Å². The number of hydrogen-bond donors (Lipinski definition) is 3. The van der Waals surface area contributed by atoms with Crippen molar-refractivity contribution in [3.8, 4) is 0 Å². The zero-order valence-electron chi connectivity index (χ0n) is 2.95. The second-order valence-electron chi connectivity index (χ2n) is 0.513. The first-order valence-corrected chi connectivity index (χ1v) is 2.35. The summed E-state index contributed by atoms with van der Waals surface area (Å²) < 4.78 is 8.88. The summed E-state index contributed by atoms with van der Waals surface area (Å²) in [4.78, 5) is 21.6. The van der Waals surface area contributed by atoms with Crippen LogP contribution in [0.1, 0.15) is 0 Å². The zero-order valence-corrected chi connectivity index (χ0v) is 5.32. The van der Waals surface area contributed by atoms with Gasteiger partial charge in [-0.1, -0.05) is 0 Å². The van der Waals surface area contributed by atoms with Crippen LogP contribution in [0.2, 0.25) is 0 Å². The van der Waals surface area contributed by atoms with Gasteiger partial charge in [0.1, 0.15) is 0 Å². The molecule has 0 aliphatic carbocycles. The van der Waals surface area contributed by atoms with Gasteiger partial charge >= 0.3 is 30.2 Å². The van der Waals surface area contributed by atoms with Crippen LogP contribution in [0.15, 0.2) is 0 Å². The molecule has 7 heavy (non-hydrogen) atoms. The van der Waals surface area contributed by atoms with Crippen LogP contribution in [0.25, 0.3) is 0 Å². The van der Waals surface area contributed by atoms with Crippen LogP contribution in [0, 0.1) is 0 Å². The number of rotatable bonds is 0. The van der Waals surface area contributed by atoms with Gasteiger partial charge in [-0.2, -0.15) is 0 Å². The van der Waals surface area contributed by atoms with Gasteiger partial charge in [0, 0.05) is 0 Å². The minimum atomic E-state index is -4.64. The summed E-state index contributed by atoms with van der Waals surface area (Å²) in [5.74, 6) is 0. The second-order valence-corrected chi connectivity index (χ2v) is 1.54. The Bertz CT molecular complexity index is 54.2. The Labute approximate surface area is 55.4 Å². The van der Waals surface area contributed by atoms with Crippen LogP contribution in [-0.4, -0.2) is 20.2 Å². The molecule has 0 spiro atoms. The smallest absolute Gasteiger partial charge is 0.870 e. The van der Waals surface area contributed by atoms with E-state index in [1.807, 2.05) is 0 Å². The third-order valence-electron chi connectivity index (χ3n) is 0. The molecule has 0 saturated heterocycles. The van der Waals surface area contributed by atoms with E-state index < -0.39 is 7.82 Å². The van der Waals surface area contributed by atoms with Crippen molar-refractivity contribution >= 4 is 7.82 Å². The molecular formula is H4AgO5P. The van der Waals surface area contributed by atoms with Gasteiger partial charge in [-0.05, 0) is 0 Å². The molecule has 0 fully saturated rings. The first kappa shape index (κ1) is 15.7. The Morgan fingerprint density at radius 3 is 1.14 bits per heavy atom. The van der Waals surface area contributed by atoms with E-state index in [2.05, 4.69) is 0 Å². The third-order valence-corrected chi connectivity index (χ3v) is 0. The summed E-state index contributed by atoms with van der Waals surface area (Å²) in [5, 5.41) is 0. The van der Waals surface area contributed by atoms with Crippen molar-refractivity contribution in [2.75, 3.05) is 0 Å². The normalized spacial score (nSPS) is 8.43. The van der Waals surface area contributed by atoms with E-state index in [0.717, 1.165) is 0 Å². The summed E-state index contributed by atoms with van der Waals surface area (Å²) in [7, 11) is -4.64. The largest absolute Gasteiger partial charge is 1.00 e. The van der Waals surface area contributed by atoms with E-state index in [1.54, 1.807) is 0 Å². The van der Waals surface area contributed by atoms with Gasteiger partial charge in [-0.3, -0.25) is 0 Å². The van der Waals surface area contributed by atoms with Crippen molar-refractivity contribution in [3.63, 3.8) is 0 Å². The van der Waals surface area contributed by atoms with E-state index in [0.29, 0.717) is 0 Å². The first-order chi connectivity index (χ1) is 2.00. The fraction of sp³-hybridized carbons (Fsp3) is 0. The molecule has 0 aromatic carbocycles. The van der Waals surface area contributed by atoms with E-state index in [-0.39, 0.29) is 27.9 Å². The van der Waals surface area contributed by atoms with Crippen LogP contribution in [-0.2, 0) is 26.9 Å². The Hall–Kier alpha value is 0.810. The van der Waals surface area contributed by atoms with Gasteiger partial charge in [0.25, 0.3) is 0 Å². The summed E-state index contributed by atoms with van der Waals surface area (Å²) in [6.07, 6.45) is 0. The number of hydrogen-bond acceptors (Lipinski definition) is 2. The van der Waals surface area contributed by atoms with E-state index in [1.165, 1.54) is 0 Å². The molecule has 0 atom stereocenters. The molecule has 0 aliphatic rings. The molecule has 0 radical (unpaired) electrons. The molecule has 0 aromatic heterocycles. The Balaban J connectivity index is -0.0000000800. The Kier molecular flexibility index (Phi) is 11.1. The summed E-state index contributed by atoms with van der Waals surface area (Å²) in [5.41, 5.74) is 0. The molecule has 0 aliphatic heterocycles. The maximum absolute atomic E-state index is 8.88. The van der Waals surface area contributed by atoms with Gasteiger partial charge in [0.2, 0.25) is 0 Å². The molecule has 0 unspecified atom stereocenters. The van der Waals surface area contributed by atoms with Gasteiger partial charge in [0.05, 0.1) is 0 Å². The second kappa shape index (κ2) is 4.96. The van der Waals surface area contributed by atoms with Crippen LogP contribution in [0.5, 0.6) is 0 Å². The predicted molar refractivity (Wildman–Crippen MR) is 16.2 cm³/mol. The topological polar surface area (TPSA) is 108 Å². The van der Waals surface area contributed by atoms with E-state index in [9.17, 15) is 0 Å². The van der Waals surface area contributed by atoms with Crippen LogP contribution >= 0.6 is 7.82 Å².